The zero-order valence-electron chi connectivity index (χ0n) is 10.9. The zero-order valence-corrected chi connectivity index (χ0v) is 11.6. The number of aromatic carboxylic acids is 1. The monoisotopic (exact) mass is 301 g/mol. The molecule has 1 heterocycles. The number of rotatable bonds is 1. The quantitative estimate of drug-likeness (QED) is 0.652. The maximum absolute atomic E-state index is 10.3. The van der Waals surface area contributed by atoms with Crippen molar-refractivity contribution in [1.82, 2.24) is 5.32 Å². The van der Waals surface area contributed by atoms with Crippen LogP contribution in [-0.2, 0) is 0 Å². The second-order valence-electron chi connectivity index (χ2n) is 4.24. The predicted molar refractivity (Wildman–Crippen MR) is 81.6 cm³/mol. The van der Waals surface area contributed by atoms with Crippen LogP contribution in [-0.4, -0.2) is 22.7 Å². The van der Waals surface area contributed by atoms with Crippen LogP contribution in [0.4, 0.5) is 0 Å². The second kappa shape index (κ2) is 6.19. The highest BCUT2D eigenvalue weighted by Gasteiger charge is 2.18. The molecule has 0 fully saturated rings. The lowest BCUT2D eigenvalue weighted by atomic mass is 10.1. The molecule has 5 nitrogen and oxygen atoms in total. The first-order valence-electron chi connectivity index (χ1n) is 6.02. The molecular weight excluding hydrogens is 290 g/mol. The van der Waals surface area contributed by atoms with Crippen LogP contribution in [0, 0.1) is 10.8 Å². The van der Waals surface area contributed by atoms with Gasteiger partial charge in [0.1, 0.15) is 11.7 Å². The molecule has 0 spiro atoms. The molecule has 0 unspecified atom stereocenters. The minimum atomic E-state index is -0.956. The first-order chi connectivity index (χ1) is 9.99. The third-order valence-corrected chi connectivity index (χ3v) is 3.02. The highest BCUT2D eigenvalue weighted by Crippen LogP contribution is 2.13. The molecule has 0 aromatic heterocycles. The van der Waals surface area contributed by atoms with Gasteiger partial charge in [-0.05, 0) is 18.2 Å². The lowest BCUT2D eigenvalue weighted by Crippen LogP contribution is -2.19. The number of benzene rings is 2. The molecule has 0 aliphatic carbocycles. The van der Waals surface area contributed by atoms with E-state index in [9.17, 15) is 4.79 Å². The lowest BCUT2D eigenvalue weighted by molar-refractivity contribution is 0.0697. The van der Waals surface area contributed by atoms with Crippen LogP contribution in [0.25, 0.3) is 0 Å². The molecule has 0 saturated carbocycles. The van der Waals surface area contributed by atoms with Crippen molar-refractivity contribution < 1.29 is 9.90 Å². The van der Waals surface area contributed by atoms with Gasteiger partial charge in [-0.3, -0.25) is 10.8 Å². The summed E-state index contributed by atoms with van der Waals surface area (Å²) in [7, 11) is 0. The van der Waals surface area contributed by atoms with Gasteiger partial charge in [0.15, 0.2) is 0 Å². The standard InChI is InChI=1S/C8H7N3.C7H5ClO2/c9-7-5-3-1-2-4-6(5)8(10)11-7;8-6-3-1-2-5(4-6)7(9)10/h1-4H,(H3,9,10,11);1-4H,(H,9,10). The highest BCUT2D eigenvalue weighted by atomic mass is 35.5. The van der Waals surface area contributed by atoms with Gasteiger partial charge in [0, 0.05) is 16.1 Å². The number of hydrogen-bond acceptors (Lipinski definition) is 3. The van der Waals surface area contributed by atoms with Crippen molar-refractivity contribution in [1.29, 1.82) is 10.8 Å². The molecule has 0 saturated heterocycles. The topological polar surface area (TPSA) is 97.0 Å². The van der Waals surface area contributed by atoms with Crippen molar-refractivity contribution in [2.75, 3.05) is 0 Å². The molecule has 0 atom stereocenters. The summed E-state index contributed by atoms with van der Waals surface area (Å²) in [5.74, 6) is -0.307. The lowest BCUT2D eigenvalue weighted by Gasteiger charge is -1.92. The van der Waals surface area contributed by atoms with Crippen molar-refractivity contribution >= 4 is 29.2 Å². The van der Waals surface area contributed by atoms with E-state index in [4.69, 9.17) is 27.5 Å². The number of amidine groups is 2. The molecule has 4 N–H and O–H groups in total. The predicted octanol–water partition coefficient (Wildman–Crippen LogP) is 2.98. The molecule has 21 heavy (non-hydrogen) atoms. The van der Waals surface area contributed by atoms with Crippen molar-refractivity contribution in [2.45, 2.75) is 0 Å². The van der Waals surface area contributed by atoms with E-state index in [1.807, 2.05) is 24.3 Å². The summed E-state index contributed by atoms with van der Waals surface area (Å²) >= 11 is 5.53. The summed E-state index contributed by atoms with van der Waals surface area (Å²) in [6.45, 7) is 0. The minimum absolute atomic E-state index is 0.215. The van der Waals surface area contributed by atoms with Crippen LogP contribution < -0.4 is 5.32 Å². The van der Waals surface area contributed by atoms with E-state index in [1.165, 1.54) is 12.1 Å². The maximum atomic E-state index is 10.3. The number of fused-ring (bicyclic) bond motifs is 1. The number of carbonyl (C=O) groups is 1. The van der Waals surface area contributed by atoms with Gasteiger partial charge in [-0.1, -0.05) is 41.9 Å². The third-order valence-electron chi connectivity index (χ3n) is 2.79. The number of nitrogens with one attached hydrogen (secondary N) is 3. The van der Waals surface area contributed by atoms with E-state index in [0.717, 1.165) is 11.1 Å². The highest BCUT2D eigenvalue weighted by molar-refractivity contribution is 6.30. The van der Waals surface area contributed by atoms with Crippen molar-refractivity contribution in [3.8, 4) is 0 Å². The molecule has 3 rings (SSSR count). The third kappa shape index (κ3) is 3.46. The molecule has 106 valence electrons. The Labute approximate surface area is 126 Å². The summed E-state index contributed by atoms with van der Waals surface area (Å²) in [4.78, 5) is 10.3. The van der Waals surface area contributed by atoms with Gasteiger partial charge in [-0.2, -0.15) is 0 Å². The summed E-state index contributed by atoms with van der Waals surface area (Å²) < 4.78 is 0. The number of halogens is 1. The molecular formula is C15H12ClN3O2. The Kier molecular flexibility index (Phi) is 4.35. The van der Waals surface area contributed by atoms with Gasteiger partial charge in [0.05, 0.1) is 5.56 Å². The smallest absolute Gasteiger partial charge is 0.335 e. The van der Waals surface area contributed by atoms with Crippen molar-refractivity contribution in [2.24, 2.45) is 0 Å². The Balaban J connectivity index is 0.000000155. The molecule has 0 bridgehead atoms. The average molecular weight is 302 g/mol. The van der Waals surface area contributed by atoms with Gasteiger partial charge in [-0.25, -0.2) is 4.79 Å². The number of hydrogen-bond donors (Lipinski definition) is 4. The van der Waals surface area contributed by atoms with E-state index in [2.05, 4.69) is 5.32 Å². The summed E-state index contributed by atoms with van der Waals surface area (Å²) in [5, 5.41) is 26.4. The molecule has 0 amide bonds. The molecule has 2 aromatic carbocycles. The maximum Gasteiger partial charge on any atom is 0.335 e. The number of carboxylic acids is 1. The second-order valence-corrected chi connectivity index (χ2v) is 4.67. The fraction of sp³-hybridized carbons (Fsp3) is 0. The SMILES string of the molecule is N=C1NC(=N)c2ccccc21.O=C(O)c1cccc(Cl)c1. The zero-order chi connectivity index (χ0) is 15.4. The summed E-state index contributed by atoms with van der Waals surface area (Å²) in [6, 6.07) is 13.6. The Bertz CT molecular complexity index is 695. The van der Waals surface area contributed by atoms with E-state index in [1.54, 1.807) is 12.1 Å². The van der Waals surface area contributed by atoms with E-state index < -0.39 is 5.97 Å². The molecule has 0 radical (unpaired) electrons. The van der Waals surface area contributed by atoms with Gasteiger partial charge in [0.2, 0.25) is 0 Å². The van der Waals surface area contributed by atoms with Gasteiger partial charge in [-0.15, -0.1) is 0 Å². The fourth-order valence-corrected chi connectivity index (χ4v) is 1.99. The van der Waals surface area contributed by atoms with Crippen LogP contribution >= 0.6 is 11.6 Å². The van der Waals surface area contributed by atoms with Crippen LogP contribution in [0.2, 0.25) is 5.02 Å². The van der Waals surface area contributed by atoms with Crippen LogP contribution in [0.5, 0.6) is 0 Å². The molecule has 1 aliphatic heterocycles. The molecule has 1 aliphatic rings. The first-order valence-corrected chi connectivity index (χ1v) is 6.39. The Morgan fingerprint density at radius 3 is 2.00 bits per heavy atom. The van der Waals surface area contributed by atoms with Gasteiger partial charge in [0.25, 0.3) is 0 Å². The fourth-order valence-electron chi connectivity index (χ4n) is 1.80. The van der Waals surface area contributed by atoms with Gasteiger partial charge < -0.3 is 10.4 Å². The normalized spacial score (nSPS) is 12.0. The van der Waals surface area contributed by atoms with E-state index >= 15 is 0 Å². The summed E-state index contributed by atoms with van der Waals surface area (Å²) in [5.41, 5.74) is 1.85. The molecule has 2 aromatic rings. The van der Waals surface area contributed by atoms with Crippen molar-refractivity contribution in [3.05, 3.63) is 70.2 Å². The van der Waals surface area contributed by atoms with E-state index in [-0.39, 0.29) is 5.56 Å². The van der Waals surface area contributed by atoms with Crippen LogP contribution in [0.15, 0.2) is 48.5 Å². The Morgan fingerprint density at radius 2 is 1.57 bits per heavy atom. The minimum Gasteiger partial charge on any atom is -0.478 e. The van der Waals surface area contributed by atoms with Gasteiger partial charge >= 0.3 is 5.97 Å². The Hall–Kier alpha value is -2.66. The van der Waals surface area contributed by atoms with Crippen LogP contribution in [0.1, 0.15) is 21.5 Å². The van der Waals surface area contributed by atoms with Crippen LogP contribution in [0.3, 0.4) is 0 Å². The largest absolute Gasteiger partial charge is 0.478 e. The Morgan fingerprint density at radius 1 is 1.00 bits per heavy atom. The first kappa shape index (κ1) is 14.7. The molecule has 6 heteroatoms. The van der Waals surface area contributed by atoms with E-state index in [0.29, 0.717) is 16.7 Å². The summed E-state index contributed by atoms with van der Waals surface area (Å²) in [6.07, 6.45) is 0. The average Bonchev–Trinajstić information content (AvgIpc) is 2.75. The number of carboxylic acid groups (broad SMARTS) is 1. The van der Waals surface area contributed by atoms with Crippen molar-refractivity contribution in [3.63, 3.8) is 0 Å².